The first-order valence-corrected chi connectivity index (χ1v) is 8.82. The molecule has 0 saturated heterocycles. The first-order valence-electron chi connectivity index (χ1n) is 8.82. The third-order valence-corrected chi connectivity index (χ3v) is 4.46. The number of hydrogen-bond donors (Lipinski definition) is 0. The second-order valence-corrected chi connectivity index (χ2v) is 6.56. The van der Waals surface area contributed by atoms with Gasteiger partial charge >= 0.3 is 5.97 Å². The maximum atomic E-state index is 13.2. The second kappa shape index (κ2) is 7.76. The Hall–Kier alpha value is -3.28. The number of benzene rings is 2. The average molecular weight is 382 g/mol. The summed E-state index contributed by atoms with van der Waals surface area (Å²) in [7, 11) is 2.84. The summed E-state index contributed by atoms with van der Waals surface area (Å²) < 4.78 is 21.7. The van der Waals surface area contributed by atoms with E-state index in [4.69, 9.17) is 18.6 Å². The lowest BCUT2D eigenvalue weighted by molar-refractivity contribution is -0.147. The predicted molar refractivity (Wildman–Crippen MR) is 106 cm³/mol. The van der Waals surface area contributed by atoms with Gasteiger partial charge in [0.05, 0.1) is 19.6 Å². The topological polar surface area (TPSA) is 75.0 Å². The molecule has 0 unspecified atom stereocenters. The summed E-state index contributed by atoms with van der Waals surface area (Å²) in [6, 6.07) is 10.7. The minimum Gasteiger partial charge on any atom is -0.497 e. The van der Waals surface area contributed by atoms with Gasteiger partial charge in [-0.05, 0) is 62.2 Å². The zero-order valence-electron chi connectivity index (χ0n) is 16.5. The van der Waals surface area contributed by atoms with Gasteiger partial charge in [0.15, 0.2) is 11.9 Å². The Bertz CT molecular complexity index is 1080. The summed E-state index contributed by atoms with van der Waals surface area (Å²) >= 11 is 0. The van der Waals surface area contributed by atoms with E-state index in [1.165, 1.54) is 14.0 Å². The molecule has 0 bridgehead atoms. The first kappa shape index (κ1) is 19.5. The molecule has 0 spiro atoms. The van der Waals surface area contributed by atoms with Gasteiger partial charge in [0, 0.05) is 5.56 Å². The molecular formula is C22H22O6. The molecule has 6 nitrogen and oxygen atoms in total. The van der Waals surface area contributed by atoms with E-state index in [1.807, 2.05) is 19.9 Å². The SMILES string of the molecule is COC(=O)[C@@H](C)Oc1c(-c2ccc(OC)cc2)oc2c(C)cc(C)cc2c1=O. The van der Waals surface area contributed by atoms with Crippen molar-refractivity contribution in [3.63, 3.8) is 0 Å². The molecule has 0 saturated carbocycles. The van der Waals surface area contributed by atoms with Crippen LogP contribution in [0.1, 0.15) is 18.1 Å². The van der Waals surface area contributed by atoms with Crippen LogP contribution in [0.3, 0.4) is 0 Å². The van der Waals surface area contributed by atoms with Gasteiger partial charge in [-0.25, -0.2) is 4.79 Å². The van der Waals surface area contributed by atoms with Gasteiger partial charge < -0.3 is 18.6 Å². The molecule has 3 aromatic rings. The Morgan fingerprint density at radius 2 is 1.75 bits per heavy atom. The van der Waals surface area contributed by atoms with E-state index < -0.39 is 12.1 Å². The summed E-state index contributed by atoms with van der Waals surface area (Å²) in [6.07, 6.45) is -0.965. The van der Waals surface area contributed by atoms with Crippen LogP contribution in [-0.4, -0.2) is 26.3 Å². The highest BCUT2D eigenvalue weighted by molar-refractivity contribution is 5.85. The molecule has 1 heterocycles. The third-order valence-electron chi connectivity index (χ3n) is 4.46. The van der Waals surface area contributed by atoms with Gasteiger partial charge in [-0.2, -0.15) is 0 Å². The number of aryl methyl sites for hydroxylation is 2. The molecule has 0 N–H and O–H groups in total. The fourth-order valence-electron chi connectivity index (χ4n) is 3.06. The van der Waals surface area contributed by atoms with Gasteiger partial charge in [0.1, 0.15) is 11.3 Å². The highest BCUT2D eigenvalue weighted by Gasteiger charge is 2.24. The van der Waals surface area contributed by atoms with E-state index in [0.717, 1.165) is 11.1 Å². The van der Waals surface area contributed by atoms with Gasteiger partial charge in [-0.15, -0.1) is 0 Å². The molecule has 0 radical (unpaired) electrons. The predicted octanol–water partition coefficient (Wildman–Crippen LogP) is 4.03. The number of hydrogen-bond acceptors (Lipinski definition) is 6. The van der Waals surface area contributed by atoms with Crippen LogP contribution in [0.15, 0.2) is 45.6 Å². The lowest BCUT2D eigenvalue weighted by Gasteiger charge is -2.16. The van der Waals surface area contributed by atoms with Crippen LogP contribution < -0.4 is 14.9 Å². The molecule has 28 heavy (non-hydrogen) atoms. The highest BCUT2D eigenvalue weighted by atomic mass is 16.6. The summed E-state index contributed by atoms with van der Waals surface area (Å²) in [6.45, 7) is 5.31. The first-order chi connectivity index (χ1) is 13.3. The number of carbonyl (C=O) groups is 1. The molecule has 0 fully saturated rings. The Morgan fingerprint density at radius 3 is 2.36 bits per heavy atom. The Balaban J connectivity index is 2.27. The van der Waals surface area contributed by atoms with Crippen LogP contribution in [-0.2, 0) is 9.53 Å². The molecule has 0 amide bonds. The van der Waals surface area contributed by atoms with Crippen LogP contribution in [0.5, 0.6) is 11.5 Å². The van der Waals surface area contributed by atoms with E-state index in [1.54, 1.807) is 37.4 Å². The molecule has 1 atom stereocenters. The van der Waals surface area contributed by atoms with E-state index in [2.05, 4.69) is 0 Å². The lowest BCUT2D eigenvalue weighted by atomic mass is 10.1. The van der Waals surface area contributed by atoms with Gasteiger partial charge in [-0.3, -0.25) is 4.79 Å². The molecule has 0 aliphatic carbocycles. The van der Waals surface area contributed by atoms with Crippen LogP contribution in [0.2, 0.25) is 0 Å². The minimum atomic E-state index is -0.965. The van der Waals surface area contributed by atoms with Crippen molar-refractivity contribution in [2.75, 3.05) is 14.2 Å². The summed E-state index contributed by atoms with van der Waals surface area (Å²) in [5.41, 5.74) is 2.55. The van der Waals surface area contributed by atoms with E-state index in [-0.39, 0.29) is 16.9 Å². The summed E-state index contributed by atoms with van der Waals surface area (Å²) in [5.74, 6) is 0.313. The zero-order chi connectivity index (χ0) is 20.4. The Labute approximate surface area is 162 Å². The molecule has 146 valence electrons. The Kier molecular flexibility index (Phi) is 5.40. The van der Waals surface area contributed by atoms with Crippen molar-refractivity contribution >= 4 is 16.9 Å². The number of esters is 1. The van der Waals surface area contributed by atoms with E-state index >= 15 is 0 Å². The largest absolute Gasteiger partial charge is 0.497 e. The van der Waals surface area contributed by atoms with E-state index in [9.17, 15) is 9.59 Å². The molecule has 2 aromatic carbocycles. The zero-order valence-corrected chi connectivity index (χ0v) is 16.5. The smallest absolute Gasteiger partial charge is 0.346 e. The van der Waals surface area contributed by atoms with Crippen LogP contribution in [0.4, 0.5) is 0 Å². The minimum absolute atomic E-state index is 0.0273. The van der Waals surface area contributed by atoms with Crippen molar-refractivity contribution in [2.24, 2.45) is 0 Å². The van der Waals surface area contributed by atoms with Crippen molar-refractivity contribution in [3.05, 3.63) is 57.7 Å². The van der Waals surface area contributed by atoms with E-state index in [0.29, 0.717) is 22.3 Å². The normalized spacial score (nSPS) is 11.9. The second-order valence-electron chi connectivity index (χ2n) is 6.56. The molecular weight excluding hydrogens is 360 g/mol. The lowest BCUT2D eigenvalue weighted by Crippen LogP contribution is -2.27. The van der Waals surface area contributed by atoms with Crippen molar-refractivity contribution < 1.29 is 23.4 Å². The molecule has 0 aliphatic heterocycles. The van der Waals surface area contributed by atoms with Gasteiger partial charge in [0.25, 0.3) is 0 Å². The summed E-state index contributed by atoms with van der Waals surface area (Å²) in [4.78, 5) is 25.1. The van der Waals surface area contributed by atoms with Crippen LogP contribution in [0, 0.1) is 13.8 Å². The standard InChI is InChI=1S/C22H22O6/c1-12-10-13(2)19-17(11-12)18(23)21(27-14(3)22(24)26-5)20(28-19)15-6-8-16(25-4)9-7-15/h6-11,14H,1-5H3/t14-/m1/s1. The third kappa shape index (κ3) is 3.58. The van der Waals surface area contributed by atoms with Crippen molar-refractivity contribution in [1.82, 2.24) is 0 Å². The number of methoxy groups -OCH3 is 2. The number of carbonyl (C=O) groups excluding carboxylic acids is 1. The van der Waals surface area contributed by atoms with Crippen molar-refractivity contribution in [2.45, 2.75) is 26.9 Å². The fraction of sp³-hybridized carbons (Fsp3) is 0.273. The van der Waals surface area contributed by atoms with Gasteiger partial charge in [-0.1, -0.05) is 6.07 Å². The summed E-state index contributed by atoms with van der Waals surface area (Å²) in [5, 5.41) is 0.404. The Morgan fingerprint density at radius 1 is 1.07 bits per heavy atom. The quantitative estimate of drug-likeness (QED) is 0.620. The molecule has 1 aromatic heterocycles. The van der Waals surface area contributed by atoms with Crippen LogP contribution in [0.25, 0.3) is 22.3 Å². The van der Waals surface area contributed by atoms with Crippen molar-refractivity contribution in [3.8, 4) is 22.8 Å². The molecule has 0 aliphatic rings. The maximum absolute atomic E-state index is 13.2. The highest BCUT2D eigenvalue weighted by Crippen LogP contribution is 2.33. The number of fused-ring (bicyclic) bond motifs is 1. The number of rotatable bonds is 5. The van der Waals surface area contributed by atoms with Gasteiger partial charge in [0.2, 0.25) is 11.2 Å². The monoisotopic (exact) mass is 382 g/mol. The molecule has 6 heteroatoms. The van der Waals surface area contributed by atoms with Crippen LogP contribution >= 0.6 is 0 Å². The maximum Gasteiger partial charge on any atom is 0.346 e. The average Bonchev–Trinajstić information content (AvgIpc) is 2.69. The fourth-order valence-corrected chi connectivity index (χ4v) is 3.06. The van der Waals surface area contributed by atoms with Crippen molar-refractivity contribution in [1.29, 1.82) is 0 Å². The molecule has 3 rings (SSSR count). The number of ether oxygens (including phenoxy) is 3.